The lowest BCUT2D eigenvalue weighted by molar-refractivity contribution is -0.0503. The molecule has 0 aliphatic carbocycles. The highest BCUT2D eigenvalue weighted by molar-refractivity contribution is 7.66. The van der Waals surface area contributed by atoms with Crippen LogP contribution in [0, 0.1) is 0 Å². The maximum Gasteiger partial charge on any atom is 0.490 e. The third-order valence-electron chi connectivity index (χ3n) is 3.67. The molecular weight excluding hydrogens is 477 g/mol. The Morgan fingerprint density at radius 2 is 1.73 bits per heavy atom. The van der Waals surface area contributed by atoms with E-state index in [0.717, 1.165) is 0 Å². The molecule has 17 nitrogen and oxygen atoms in total. The molecule has 168 valence electrons. The monoisotopic (exact) mass is 492 g/mol. The molecule has 0 bridgehead atoms. The van der Waals surface area contributed by atoms with E-state index in [0.29, 0.717) is 5.52 Å². The van der Waals surface area contributed by atoms with Gasteiger partial charge in [0.2, 0.25) is 0 Å². The van der Waals surface area contributed by atoms with Crippen molar-refractivity contribution in [2.75, 3.05) is 6.61 Å². The van der Waals surface area contributed by atoms with Crippen molar-refractivity contribution in [3.05, 3.63) is 18.9 Å². The van der Waals surface area contributed by atoms with Gasteiger partial charge in [-0.1, -0.05) is 0 Å². The molecule has 2 aromatic heterocycles. The van der Waals surface area contributed by atoms with E-state index < -0.39 is 54.6 Å². The van der Waals surface area contributed by atoms with Crippen molar-refractivity contribution in [3.63, 3.8) is 0 Å². The van der Waals surface area contributed by atoms with Crippen LogP contribution < -0.4 is 0 Å². The summed E-state index contributed by atoms with van der Waals surface area (Å²) in [5.41, 5.74) is 0.620. The van der Waals surface area contributed by atoms with Gasteiger partial charge in [-0.05, 0) is 0 Å². The Morgan fingerprint density at radius 1 is 1.03 bits per heavy atom. The van der Waals surface area contributed by atoms with Crippen LogP contribution in [0.15, 0.2) is 18.9 Å². The molecule has 1 fully saturated rings. The first kappa shape index (κ1) is 23.5. The number of phosphoric ester groups is 1. The maximum atomic E-state index is 11.8. The number of fused-ring (bicyclic) bond motifs is 1. The first-order valence-electron chi connectivity index (χ1n) is 7.70. The third kappa shape index (κ3) is 5.55. The molecular formula is C10H15N4O13P3. The largest absolute Gasteiger partial charge is 0.490 e. The van der Waals surface area contributed by atoms with Gasteiger partial charge in [0.1, 0.15) is 30.2 Å². The summed E-state index contributed by atoms with van der Waals surface area (Å²) in [4.78, 5) is 47.3. The lowest BCUT2D eigenvalue weighted by atomic mass is 10.1. The summed E-state index contributed by atoms with van der Waals surface area (Å²) < 4.78 is 51.9. The summed E-state index contributed by atoms with van der Waals surface area (Å²) in [7, 11) is -16.6. The van der Waals surface area contributed by atoms with E-state index in [4.69, 9.17) is 19.4 Å². The second-order valence-electron chi connectivity index (χ2n) is 5.82. The van der Waals surface area contributed by atoms with Crippen molar-refractivity contribution in [1.29, 1.82) is 0 Å². The number of hydrogen-bond acceptors (Lipinski definition) is 12. The predicted octanol–water partition coefficient (Wildman–Crippen LogP) is -1.21. The summed E-state index contributed by atoms with van der Waals surface area (Å²) in [6, 6.07) is 0. The average molecular weight is 492 g/mol. The summed E-state index contributed by atoms with van der Waals surface area (Å²) >= 11 is 0. The molecule has 3 heterocycles. The Kier molecular flexibility index (Phi) is 6.59. The highest BCUT2D eigenvalue weighted by Crippen LogP contribution is 2.66. The molecule has 0 aromatic carbocycles. The fourth-order valence-electron chi connectivity index (χ4n) is 2.54. The number of phosphoric acid groups is 3. The fraction of sp³-hybridized carbons (Fsp3) is 0.500. The number of imidazole rings is 1. The maximum absolute atomic E-state index is 11.8. The van der Waals surface area contributed by atoms with Crippen molar-refractivity contribution < 1.29 is 61.4 Å². The van der Waals surface area contributed by atoms with Gasteiger partial charge >= 0.3 is 23.5 Å². The second-order valence-corrected chi connectivity index (χ2v) is 10.2. The molecule has 2 aromatic rings. The van der Waals surface area contributed by atoms with Gasteiger partial charge in [-0.15, -0.1) is 0 Å². The van der Waals surface area contributed by atoms with Crippen molar-refractivity contribution in [1.82, 2.24) is 19.5 Å². The number of aliphatic hydroxyl groups is 2. The van der Waals surface area contributed by atoms with Gasteiger partial charge in [-0.3, -0.25) is 9.09 Å². The molecule has 0 radical (unpaired) electrons. The van der Waals surface area contributed by atoms with Gasteiger partial charge in [-0.2, -0.15) is 8.62 Å². The number of aliphatic hydroxyl groups excluding tert-OH is 2. The first-order valence-corrected chi connectivity index (χ1v) is 12.2. The minimum atomic E-state index is -5.68. The quantitative estimate of drug-likeness (QED) is 0.236. The normalized spacial score (nSPS) is 29.0. The Bertz CT molecular complexity index is 1060. The molecule has 20 heteroatoms. The van der Waals surface area contributed by atoms with Gasteiger partial charge in [0.05, 0.1) is 19.1 Å². The van der Waals surface area contributed by atoms with Crippen LogP contribution in [0.5, 0.6) is 0 Å². The van der Waals surface area contributed by atoms with Gasteiger partial charge in [0, 0.05) is 0 Å². The van der Waals surface area contributed by atoms with E-state index in [1.165, 1.54) is 23.4 Å². The lowest BCUT2D eigenvalue weighted by Crippen LogP contribution is -2.33. The molecule has 0 amide bonds. The molecule has 6 N–H and O–H groups in total. The van der Waals surface area contributed by atoms with Crippen LogP contribution in [-0.4, -0.2) is 74.2 Å². The molecule has 30 heavy (non-hydrogen) atoms. The van der Waals surface area contributed by atoms with Crippen LogP contribution in [0.2, 0.25) is 0 Å². The zero-order valence-electron chi connectivity index (χ0n) is 14.4. The van der Waals surface area contributed by atoms with Crippen molar-refractivity contribution >= 4 is 34.6 Å². The van der Waals surface area contributed by atoms with Crippen LogP contribution in [0.3, 0.4) is 0 Å². The van der Waals surface area contributed by atoms with Crippen LogP contribution in [0.4, 0.5) is 0 Å². The molecule has 6 atom stereocenters. The molecule has 3 unspecified atom stereocenters. The fourth-order valence-corrected chi connectivity index (χ4v) is 5.57. The average Bonchev–Trinajstić information content (AvgIpc) is 3.12. The Balaban J connectivity index is 1.67. The Labute approximate surface area is 166 Å². The van der Waals surface area contributed by atoms with Crippen LogP contribution in [0.25, 0.3) is 11.2 Å². The number of aromatic nitrogens is 4. The summed E-state index contributed by atoms with van der Waals surface area (Å²) in [5, 5.41) is 20.3. The summed E-state index contributed by atoms with van der Waals surface area (Å²) in [6.07, 6.45) is -1.98. The minimum Gasteiger partial charge on any atom is -0.387 e. The molecule has 1 aliphatic rings. The Morgan fingerprint density at radius 3 is 2.40 bits per heavy atom. The molecule has 0 spiro atoms. The zero-order chi connectivity index (χ0) is 22.3. The summed E-state index contributed by atoms with van der Waals surface area (Å²) in [6.45, 7) is -0.931. The zero-order valence-corrected chi connectivity index (χ0v) is 17.1. The van der Waals surface area contributed by atoms with Gasteiger partial charge in [0.25, 0.3) is 0 Å². The molecule has 0 saturated carbocycles. The smallest absolute Gasteiger partial charge is 0.387 e. The number of hydrogen-bond donors (Lipinski definition) is 6. The molecule has 1 saturated heterocycles. The van der Waals surface area contributed by atoms with E-state index >= 15 is 0 Å². The van der Waals surface area contributed by atoms with Crippen molar-refractivity contribution in [2.45, 2.75) is 24.5 Å². The standard InChI is InChI=1S/C10H15N4O13P3/c15-7-6(2-24-29(20,21)27-30(22,23)26-28(17,18)19)25-10(8(7)16)14-4-13-5-1-11-3-12-9(5)14/h1,3-4,6-8,10,15-16H,2H2,(H,20,21)(H,22,23)(H2,17,18,19)/t6-,7+,8?,10-/m1/s1. The van der Waals surface area contributed by atoms with Gasteiger partial charge in [0.15, 0.2) is 11.9 Å². The third-order valence-corrected chi connectivity index (χ3v) is 7.47. The summed E-state index contributed by atoms with van der Waals surface area (Å²) in [5.74, 6) is 0. The SMILES string of the molecule is O=P(O)(O)OP(=O)(O)OP(=O)(O)OC[C@H]1O[C@@H](n2cnc3cncnc32)C(O)[C@H]1O. The number of rotatable bonds is 8. The van der Waals surface area contributed by atoms with Gasteiger partial charge < -0.3 is 34.5 Å². The van der Waals surface area contributed by atoms with E-state index in [1.807, 2.05) is 0 Å². The topological polar surface area (TPSA) is 253 Å². The number of nitrogens with zero attached hydrogens (tertiary/aromatic N) is 4. The van der Waals surface area contributed by atoms with Crippen LogP contribution in [-0.2, 0) is 31.6 Å². The predicted molar refractivity (Wildman–Crippen MR) is 91.1 cm³/mol. The second kappa shape index (κ2) is 8.41. The van der Waals surface area contributed by atoms with E-state index in [-0.39, 0.29) is 5.65 Å². The van der Waals surface area contributed by atoms with Crippen molar-refractivity contribution in [3.8, 4) is 0 Å². The van der Waals surface area contributed by atoms with E-state index in [1.54, 1.807) is 0 Å². The minimum absolute atomic E-state index is 0.259. The van der Waals surface area contributed by atoms with Crippen LogP contribution >= 0.6 is 23.5 Å². The Hall–Kier alpha value is -1.16. The number of ether oxygens (including phenoxy) is 1. The first-order chi connectivity index (χ1) is 13.8. The lowest BCUT2D eigenvalue weighted by Gasteiger charge is -2.19. The van der Waals surface area contributed by atoms with E-state index in [9.17, 15) is 28.8 Å². The van der Waals surface area contributed by atoms with Gasteiger partial charge in [-0.25, -0.2) is 28.6 Å². The van der Waals surface area contributed by atoms with E-state index in [2.05, 4.69) is 28.1 Å². The molecule has 3 rings (SSSR count). The van der Waals surface area contributed by atoms with Crippen LogP contribution in [0.1, 0.15) is 6.23 Å². The van der Waals surface area contributed by atoms with Crippen molar-refractivity contribution in [2.24, 2.45) is 0 Å². The highest BCUT2D eigenvalue weighted by Gasteiger charge is 2.46. The highest BCUT2D eigenvalue weighted by atomic mass is 31.3. The molecule has 1 aliphatic heterocycles.